The van der Waals surface area contributed by atoms with Crippen LogP contribution in [0.1, 0.15) is 19.3 Å². The van der Waals surface area contributed by atoms with E-state index in [4.69, 9.17) is 0 Å². The van der Waals surface area contributed by atoms with Gasteiger partial charge in [0.05, 0.1) is 6.04 Å². The van der Waals surface area contributed by atoms with Crippen LogP contribution in [0.5, 0.6) is 0 Å². The number of allylic oxidation sites excluding steroid dienone is 3. The summed E-state index contributed by atoms with van der Waals surface area (Å²) in [6, 6.07) is -0.269. The van der Waals surface area contributed by atoms with Crippen molar-refractivity contribution < 1.29 is 8.78 Å². The predicted octanol–water partition coefficient (Wildman–Crippen LogP) is 2.33. The summed E-state index contributed by atoms with van der Waals surface area (Å²) in [6.45, 7) is 1.83. The lowest BCUT2D eigenvalue weighted by Crippen LogP contribution is -2.35. The highest BCUT2D eigenvalue weighted by Crippen LogP contribution is 2.35. The molecule has 0 aromatic heterocycles. The molecule has 0 spiro atoms. The quantitative estimate of drug-likeness (QED) is 0.745. The molecule has 17 heavy (non-hydrogen) atoms. The van der Waals surface area contributed by atoms with E-state index in [0.29, 0.717) is 5.92 Å². The minimum absolute atomic E-state index is 0.269. The first-order valence-electron chi connectivity index (χ1n) is 6.23. The minimum Gasteiger partial charge on any atom is -0.316 e. The van der Waals surface area contributed by atoms with Crippen LogP contribution in [0, 0.1) is 5.92 Å². The Hall–Kier alpha value is -1.03. The fourth-order valence-electron chi connectivity index (χ4n) is 2.95. The van der Waals surface area contributed by atoms with Gasteiger partial charge in [-0.15, -0.1) is 0 Å². The molecule has 1 aliphatic carbocycles. The Bertz CT molecular complexity index is 412. The van der Waals surface area contributed by atoms with Gasteiger partial charge in [-0.25, -0.2) is 8.78 Å². The summed E-state index contributed by atoms with van der Waals surface area (Å²) in [5.74, 6) is -0.0307. The molecule has 3 unspecified atom stereocenters. The molecule has 1 saturated heterocycles. The van der Waals surface area contributed by atoms with Gasteiger partial charge >= 0.3 is 0 Å². The molecule has 0 aromatic rings. The van der Waals surface area contributed by atoms with Crippen molar-refractivity contribution in [1.29, 1.82) is 0 Å². The Morgan fingerprint density at radius 1 is 1.41 bits per heavy atom. The lowest BCUT2D eigenvalue weighted by Gasteiger charge is -2.21. The van der Waals surface area contributed by atoms with Crippen LogP contribution in [-0.4, -0.2) is 31.0 Å². The molecule has 3 aliphatic rings. The number of rotatable bonds is 1. The van der Waals surface area contributed by atoms with Gasteiger partial charge in [0.2, 0.25) is 0 Å². The summed E-state index contributed by atoms with van der Waals surface area (Å²) in [5, 5.41) is 3.30. The largest absolute Gasteiger partial charge is 0.316 e. The number of nitrogens with one attached hydrogen (secondary N) is 1. The van der Waals surface area contributed by atoms with Crippen LogP contribution < -0.4 is 5.32 Å². The molecule has 3 atom stereocenters. The Labute approximate surface area is 99.5 Å². The highest BCUT2D eigenvalue weighted by molar-refractivity contribution is 5.90. The number of halogens is 2. The van der Waals surface area contributed by atoms with E-state index in [1.165, 1.54) is 6.08 Å². The molecule has 2 heterocycles. The van der Waals surface area contributed by atoms with Gasteiger partial charge in [0.1, 0.15) is 12.0 Å². The normalized spacial score (nSPS) is 37.1. The Kier molecular flexibility index (Phi) is 2.82. The summed E-state index contributed by atoms with van der Waals surface area (Å²) >= 11 is 0. The first-order chi connectivity index (χ1) is 8.25. The van der Waals surface area contributed by atoms with Crippen molar-refractivity contribution in [1.82, 2.24) is 5.32 Å². The molecular weight excluding hydrogens is 222 g/mol. The summed E-state index contributed by atoms with van der Waals surface area (Å²) in [7, 11) is 0. The summed E-state index contributed by atoms with van der Waals surface area (Å²) in [4.78, 5) is 4.54. The van der Waals surface area contributed by atoms with Crippen molar-refractivity contribution in [2.75, 3.05) is 13.1 Å². The van der Waals surface area contributed by atoms with E-state index in [9.17, 15) is 8.78 Å². The van der Waals surface area contributed by atoms with E-state index in [1.54, 1.807) is 6.08 Å². The molecule has 0 amide bonds. The summed E-state index contributed by atoms with van der Waals surface area (Å²) < 4.78 is 27.5. The maximum Gasteiger partial charge on any atom is 0.130 e. The van der Waals surface area contributed by atoms with Crippen molar-refractivity contribution in [2.45, 2.75) is 31.5 Å². The van der Waals surface area contributed by atoms with E-state index >= 15 is 0 Å². The van der Waals surface area contributed by atoms with Crippen molar-refractivity contribution >= 4 is 5.71 Å². The molecule has 2 aliphatic heterocycles. The summed E-state index contributed by atoms with van der Waals surface area (Å²) in [6.07, 6.45) is 3.71. The number of aliphatic imine (C=N–C) groups is 1. The maximum atomic E-state index is 13.8. The van der Waals surface area contributed by atoms with Crippen LogP contribution >= 0.6 is 0 Å². The van der Waals surface area contributed by atoms with Crippen LogP contribution in [0.3, 0.4) is 0 Å². The van der Waals surface area contributed by atoms with E-state index < -0.39 is 12.0 Å². The second-order valence-electron chi connectivity index (χ2n) is 4.93. The molecule has 1 N–H and O–H groups in total. The molecular formula is C13H16F2N2. The van der Waals surface area contributed by atoms with E-state index in [0.717, 1.165) is 31.6 Å². The third-order valence-corrected chi connectivity index (χ3v) is 3.83. The number of fused-ring (bicyclic) bond motifs is 1. The molecule has 0 bridgehead atoms. The molecule has 92 valence electrons. The van der Waals surface area contributed by atoms with E-state index in [-0.39, 0.29) is 18.0 Å². The second-order valence-corrected chi connectivity index (χ2v) is 4.93. The maximum absolute atomic E-state index is 13.8. The molecule has 1 fully saturated rings. The SMILES string of the molecule is FC1=C(C2CC3CNCCC3=N2)C(F)CC=C1. The van der Waals surface area contributed by atoms with Gasteiger partial charge in [0, 0.05) is 36.7 Å². The van der Waals surface area contributed by atoms with Crippen molar-refractivity contribution in [3.05, 3.63) is 23.6 Å². The Balaban J connectivity index is 1.86. The van der Waals surface area contributed by atoms with Gasteiger partial charge in [0.25, 0.3) is 0 Å². The van der Waals surface area contributed by atoms with Crippen LogP contribution in [0.4, 0.5) is 8.78 Å². The van der Waals surface area contributed by atoms with Crippen molar-refractivity contribution in [2.24, 2.45) is 10.9 Å². The zero-order valence-electron chi connectivity index (χ0n) is 9.63. The highest BCUT2D eigenvalue weighted by atomic mass is 19.1. The third kappa shape index (κ3) is 1.95. The molecule has 3 rings (SSSR count). The number of hydrogen-bond donors (Lipinski definition) is 1. The molecule has 0 radical (unpaired) electrons. The smallest absolute Gasteiger partial charge is 0.130 e. The first kappa shape index (κ1) is 11.1. The zero-order chi connectivity index (χ0) is 11.8. The average Bonchev–Trinajstić information content (AvgIpc) is 2.71. The van der Waals surface area contributed by atoms with E-state index in [1.807, 2.05) is 0 Å². The van der Waals surface area contributed by atoms with Gasteiger partial charge in [-0.2, -0.15) is 0 Å². The highest BCUT2D eigenvalue weighted by Gasteiger charge is 2.36. The fourth-order valence-corrected chi connectivity index (χ4v) is 2.95. The van der Waals surface area contributed by atoms with Gasteiger partial charge in [0.15, 0.2) is 0 Å². The number of alkyl halides is 1. The Morgan fingerprint density at radius 3 is 3.06 bits per heavy atom. The lowest BCUT2D eigenvalue weighted by molar-refractivity contribution is 0.349. The van der Waals surface area contributed by atoms with Crippen LogP contribution in [0.25, 0.3) is 0 Å². The number of hydrogen-bond acceptors (Lipinski definition) is 2. The van der Waals surface area contributed by atoms with E-state index in [2.05, 4.69) is 10.3 Å². The first-order valence-corrected chi connectivity index (χ1v) is 6.23. The van der Waals surface area contributed by atoms with Gasteiger partial charge in [-0.1, -0.05) is 6.08 Å². The van der Waals surface area contributed by atoms with Crippen molar-refractivity contribution in [3.8, 4) is 0 Å². The zero-order valence-corrected chi connectivity index (χ0v) is 9.63. The standard InChI is InChI=1S/C13H16F2N2/c14-9-2-1-3-10(15)13(9)12-6-8-7-16-5-4-11(8)17-12/h1-2,8,10,12,16H,3-7H2. The van der Waals surface area contributed by atoms with Gasteiger partial charge < -0.3 is 5.32 Å². The lowest BCUT2D eigenvalue weighted by atomic mass is 9.89. The van der Waals surface area contributed by atoms with Gasteiger partial charge in [-0.05, 0) is 18.9 Å². The predicted molar refractivity (Wildman–Crippen MR) is 63.6 cm³/mol. The monoisotopic (exact) mass is 238 g/mol. The average molecular weight is 238 g/mol. The number of piperidine rings is 1. The minimum atomic E-state index is -1.19. The third-order valence-electron chi connectivity index (χ3n) is 3.83. The van der Waals surface area contributed by atoms with Crippen LogP contribution in [0.15, 0.2) is 28.5 Å². The summed E-state index contributed by atoms with van der Waals surface area (Å²) in [5.41, 5.74) is 1.42. The van der Waals surface area contributed by atoms with Crippen LogP contribution in [-0.2, 0) is 0 Å². The van der Waals surface area contributed by atoms with Crippen LogP contribution in [0.2, 0.25) is 0 Å². The molecule has 4 heteroatoms. The van der Waals surface area contributed by atoms with Gasteiger partial charge in [-0.3, -0.25) is 4.99 Å². The van der Waals surface area contributed by atoms with Crippen molar-refractivity contribution in [3.63, 3.8) is 0 Å². The molecule has 2 nitrogen and oxygen atoms in total. The molecule has 0 saturated carbocycles. The number of nitrogens with zero attached hydrogens (tertiary/aromatic N) is 1. The Morgan fingerprint density at radius 2 is 2.29 bits per heavy atom. The fraction of sp³-hybridized carbons (Fsp3) is 0.615. The second kappa shape index (κ2) is 4.33. The topological polar surface area (TPSA) is 24.4 Å². The molecule has 0 aromatic carbocycles.